The Bertz CT molecular complexity index is 1090. The molecule has 4 aromatic rings. The van der Waals surface area contributed by atoms with Crippen LogP contribution in [0, 0.1) is 0 Å². The smallest absolute Gasteiger partial charge is 0.251 e. The number of hydrogen-bond donors (Lipinski definition) is 1. The van der Waals surface area contributed by atoms with E-state index >= 15 is 0 Å². The summed E-state index contributed by atoms with van der Waals surface area (Å²) < 4.78 is 17.9. The highest BCUT2D eigenvalue weighted by molar-refractivity contribution is 5.94. The van der Waals surface area contributed by atoms with Crippen molar-refractivity contribution in [3.8, 4) is 17.3 Å². The van der Waals surface area contributed by atoms with Gasteiger partial charge < -0.3 is 19.3 Å². The second-order valence-corrected chi connectivity index (χ2v) is 6.26. The van der Waals surface area contributed by atoms with Crippen molar-refractivity contribution in [3.63, 3.8) is 0 Å². The summed E-state index contributed by atoms with van der Waals surface area (Å²) in [5, 5.41) is 11.0. The number of ether oxygens (including phenoxy) is 2. The van der Waals surface area contributed by atoms with Crippen LogP contribution in [-0.4, -0.2) is 32.9 Å². The largest absolute Gasteiger partial charge is 0.497 e. The summed E-state index contributed by atoms with van der Waals surface area (Å²) in [5.41, 5.74) is 1.17. The van der Waals surface area contributed by atoms with E-state index in [4.69, 9.17) is 14.0 Å². The Morgan fingerprint density at radius 1 is 1.10 bits per heavy atom. The molecule has 0 saturated heterocycles. The molecule has 0 aliphatic carbocycles. The minimum Gasteiger partial charge on any atom is -0.497 e. The van der Waals surface area contributed by atoms with Gasteiger partial charge in [0.15, 0.2) is 5.76 Å². The summed E-state index contributed by atoms with van der Waals surface area (Å²) in [6, 6.07) is 16.2. The number of para-hydroxylation sites is 1. The normalized spacial score (nSPS) is 10.6. The van der Waals surface area contributed by atoms with E-state index in [1.165, 1.54) is 17.3 Å². The Labute approximate surface area is 172 Å². The van der Waals surface area contributed by atoms with Crippen molar-refractivity contribution >= 4 is 5.91 Å². The third-order valence-electron chi connectivity index (χ3n) is 4.37. The number of aromatic nitrogens is 4. The number of benzene rings is 2. The van der Waals surface area contributed by atoms with Gasteiger partial charge in [0.05, 0.1) is 19.2 Å². The SMILES string of the molecule is COc1ccc(C(=O)NCc2onc(-n3cncn3)c2COc2ccccc2)cc1. The number of carbonyl (C=O) groups excluding carboxylic acids is 1. The topological polar surface area (TPSA) is 104 Å². The monoisotopic (exact) mass is 405 g/mol. The van der Waals surface area contributed by atoms with Gasteiger partial charge in [-0.3, -0.25) is 4.79 Å². The van der Waals surface area contributed by atoms with Crippen LogP contribution in [0.25, 0.3) is 5.82 Å². The molecule has 2 aromatic heterocycles. The number of hydrogen-bond acceptors (Lipinski definition) is 7. The molecule has 152 valence electrons. The Kier molecular flexibility index (Phi) is 5.70. The van der Waals surface area contributed by atoms with Crippen molar-refractivity contribution in [3.05, 3.63) is 84.1 Å². The van der Waals surface area contributed by atoms with E-state index in [2.05, 4.69) is 20.6 Å². The first-order valence-electron chi connectivity index (χ1n) is 9.17. The van der Waals surface area contributed by atoms with Crippen LogP contribution in [-0.2, 0) is 13.2 Å². The molecule has 0 aliphatic heterocycles. The fourth-order valence-corrected chi connectivity index (χ4v) is 2.79. The van der Waals surface area contributed by atoms with Crippen LogP contribution in [0.4, 0.5) is 0 Å². The van der Waals surface area contributed by atoms with Crippen LogP contribution >= 0.6 is 0 Å². The van der Waals surface area contributed by atoms with Gasteiger partial charge in [0, 0.05) is 5.56 Å². The zero-order valence-electron chi connectivity index (χ0n) is 16.2. The third kappa shape index (κ3) is 4.30. The number of methoxy groups -OCH3 is 1. The quantitative estimate of drug-likeness (QED) is 0.481. The molecule has 30 heavy (non-hydrogen) atoms. The van der Waals surface area contributed by atoms with E-state index in [0.29, 0.717) is 34.2 Å². The van der Waals surface area contributed by atoms with Crippen LogP contribution in [0.2, 0.25) is 0 Å². The van der Waals surface area contributed by atoms with Gasteiger partial charge in [0.25, 0.3) is 5.91 Å². The zero-order valence-corrected chi connectivity index (χ0v) is 16.2. The molecule has 0 aliphatic rings. The van der Waals surface area contributed by atoms with E-state index < -0.39 is 0 Å². The summed E-state index contributed by atoms with van der Waals surface area (Å²) in [4.78, 5) is 16.4. The lowest BCUT2D eigenvalue weighted by atomic mass is 10.2. The van der Waals surface area contributed by atoms with Gasteiger partial charge in [0.2, 0.25) is 5.82 Å². The Morgan fingerprint density at radius 3 is 2.60 bits per heavy atom. The molecule has 0 spiro atoms. The maximum absolute atomic E-state index is 12.5. The van der Waals surface area contributed by atoms with Gasteiger partial charge in [-0.1, -0.05) is 23.4 Å². The second-order valence-electron chi connectivity index (χ2n) is 6.26. The molecule has 9 heteroatoms. The van der Waals surface area contributed by atoms with Gasteiger partial charge in [-0.25, -0.2) is 4.98 Å². The molecule has 9 nitrogen and oxygen atoms in total. The molecule has 0 atom stereocenters. The number of amides is 1. The number of carbonyl (C=O) groups is 1. The highest BCUT2D eigenvalue weighted by atomic mass is 16.5. The third-order valence-corrected chi connectivity index (χ3v) is 4.37. The Hall–Kier alpha value is -4.14. The van der Waals surface area contributed by atoms with Crippen molar-refractivity contribution in [2.24, 2.45) is 0 Å². The van der Waals surface area contributed by atoms with Crippen LogP contribution < -0.4 is 14.8 Å². The van der Waals surface area contributed by atoms with E-state index in [1.54, 1.807) is 31.4 Å². The van der Waals surface area contributed by atoms with Crippen molar-refractivity contribution < 1.29 is 18.8 Å². The minimum atomic E-state index is -0.244. The molecule has 1 amide bonds. The summed E-state index contributed by atoms with van der Waals surface area (Å²) >= 11 is 0. The van der Waals surface area contributed by atoms with Gasteiger partial charge in [-0.2, -0.15) is 9.78 Å². The van der Waals surface area contributed by atoms with Gasteiger partial charge in [-0.15, -0.1) is 0 Å². The molecule has 0 fully saturated rings. The van der Waals surface area contributed by atoms with Crippen LogP contribution in [0.3, 0.4) is 0 Å². The highest BCUT2D eigenvalue weighted by Crippen LogP contribution is 2.21. The van der Waals surface area contributed by atoms with E-state index in [1.807, 2.05) is 30.3 Å². The molecule has 2 heterocycles. The highest BCUT2D eigenvalue weighted by Gasteiger charge is 2.20. The summed E-state index contributed by atoms with van der Waals surface area (Å²) in [6.45, 7) is 0.330. The van der Waals surface area contributed by atoms with Gasteiger partial charge in [-0.05, 0) is 36.4 Å². The van der Waals surface area contributed by atoms with Crippen LogP contribution in [0.5, 0.6) is 11.5 Å². The van der Waals surface area contributed by atoms with E-state index in [9.17, 15) is 4.79 Å². The molecule has 0 bridgehead atoms. The number of rotatable bonds is 8. The first kappa shape index (κ1) is 19.2. The predicted molar refractivity (Wildman–Crippen MR) is 106 cm³/mol. The summed E-state index contributed by atoms with van der Waals surface area (Å²) in [7, 11) is 1.57. The number of nitrogens with zero attached hydrogens (tertiary/aromatic N) is 4. The molecule has 4 rings (SSSR count). The minimum absolute atomic E-state index is 0.139. The summed E-state index contributed by atoms with van der Waals surface area (Å²) in [6.07, 6.45) is 2.92. The fourth-order valence-electron chi connectivity index (χ4n) is 2.79. The molecular formula is C21H19N5O4. The number of nitrogens with one attached hydrogen (secondary N) is 1. The fraction of sp³-hybridized carbons (Fsp3) is 0.143. The lowest BCUT2D eigenvalue weighted by Gasteiger charge is -2.08. The molecule has 0 unspecified atom stereocenters. The van der Waals surface area contributed by atoms with E-state index in [-0.39, 0.29) is 19.1 Å². The zero-order chi connectivity index (χ0) is 20.8. The first-order chi connectivity index (χ1) is 14.7. The molecule has 2 aromatic carbocycles. The first-order valence-corrected chi connectivity index (χ1v) is 9.17. The Morgan fingerprint density at radius 2 is 1.90 bits per heavy atom. The van der Waals surface area contributed by atoms with E-state index in [0.717, 1.165) is 0 Å². The summed E-state index contributed by atoms with van der Waals surface area (Å²) in [5.74, 6) is 2.07. The second kappa shape index (κ2) is 8.91. The maximum Gasteiger partial charge on any atom is 0.251 e. The van der Waals surface area contributed by atoms with Crippen molar-refractivity contribution in [2.75, 3.05) is 7.11 Å². The average molecular weight is 405 g/mol. The van der Waals surface area contributed by atoms with Crippen molar-refractivity contribution in [1.29, 1.82) is 0 Å². The lowest BCUT2D eigenvalue weighted by molar-refractivity contribution is 0.0946. The molecular weight excluding hydrogens is 386 g/mol. The average Bonchev–Trinajstić information content (AvgIpc) is 3.46. The van der Waals surface area contributed by atoms with Gasteiger partial charge in [0.1, 0.15) is 30.8 Å². The maximum atomic E-state index is 12.5. The van der Waals surface area contributed by atoms with Gasteiger partial charge >= 0.3 is 0 Å². The Balaban J connectivity index is 1.51. The van der Waals surface area contributed by atoms with Crippen molar-refractivity contribution in [1.82, 2.24) is 25.2 Å². The standard InChI is InChI=1S/C21H19N5O4/c1-28-16-9-7-15(8-10-16)21(27)23-11-19-18(12-29-17-5-3-2-4-6-17)20(25-30-19)26-14-22-13-24-26/h2-10,13-14H,11-12H2,1H3,(H,23,27). The molecule has 0 saturated carbocycles. The van der Waals surface area contributed by atoms with Crippen molar-refractivity contribution in [2.45, 2.75) is 13.2 Å². The lowest BCUT2D eigenvalue weighted by Crippen LogP contribution is -2.23. The van der Waals surface area contributed by atoms with Crippen LogP contribution in [0.15, 0.2) is 71.8 Å². The van der Waals surface area contributed by atoms with Crippen LogP contribution in [0.1, 0.15) is 21.7 Å². The predicted octanol–water partition coefficient (Wildman–Crippen LogP) is 2.77. The molecule has 0 radical (unpaired) electrons. The molecule has 1 N–H and O–H groups in total.